The highest BCUT2D eigenvalue weighted by molar-refractivity contribution is 5.84. The molecule has 0 saturated heterocycles. The maximum atomic E-state index is 10.4. The second kappa shape index (κ2) is 3.29. The first-order valence-corrected chi connectivity index (χ1v) is 3.80. The minimum Gasteiger partial charge on any atom is -0.475 e. The summed E-state index contributed by atoms with van der Waals surface area (Å²) in [5.41, 5.74) is 0. The van der Waals surface area contributed by atoms with Crippen molar-refractivity contribution in [3.05, 3.63) is 36.3 Å². The van der Waals surface area contributed by atoms with Gasteiger partial charge >= 0.3 is 5.97 Å². The fourth-order valence-electron chi connectivity index (χ4n) is 0.911. The predicted molar refractivity (Wildman–Crippen MR) is 44.4 cm³/mol. The Labute approximate surface area is 78.5 Å². The molecular formula is C9H6O5. The molecule has 0 saturated carbocycles. The number of furan rings is 2. The Morgan fingerprint density at radius 3 is 2.71 bits per heavy atom. The monoisotopic (exact) mass is 194 g/mol. The number of carboxylic acids is 1. The number of carbonyl (C=O) groups is 1. The van der Waals surface area contributed by atoms with Crippen LogP contribution >= 0.6 is 0 Å². The molecule has 0 unspecified atom stereocenters. The van der Waals surface area contributed by atoms with Crippen molar-refractivity contribution in [1.82, 2.24) is 0 Å². The summed E-state index contributed by atoms with van der Waals surface area (Å²) in [6.07, 6.45) is 1.44. The molecule has 0 atom stereocenters. The fourth-order valence-corrected chi connectivity index (χ4v) is 0.911. The van der Waals surface area contributed by atoms with Gasteiger partial charge in [-0.05, 0) is 12.1 Å². The molecule has 5 nitrogen and oxygen atoms in total. The first-order chi connectivity index (χ1) is 6.75. The molecular weight excluding hydrogens is 188 g/mol. The molecule has 72 valence electrons. The van der Waals surface area contributed by atoms with E-state index in [-0.39, 0.29) is 17.7 Å². The SMILES string of the molecule is O=C(O)c1ccc(Oc2ccco2)o1. The molecule has 0 aromatic carbocycles. The maximum Gasteiger partial charge on any atom is 0.371 e. The van der Waals surface area contributed by atoms with Crippen molar-refractivity contribution in [2.24, 2.45) is 0 Å². The molecule has 2 heterocycles. The zero-order valence-corrected chi connectivity index (χ0v) is 6.97. The molecule has 0 fully saturated rings. The molecule has 14 heavy (non-hydrogen) atoms. The topological polar surface area (TPSA) is 72.8 Å². The van der Waals surface area contributed by atoms with Gasteiger partial charge in [0.05, 0.1) is 6.26 Å². The Kier molecular flexibility index (Phi) is 1.98. The number of rotatable bonds is 3. The molecule has 0 radical (unpaired) electrons. The van der Waals surface area contributed by atoms with E-state index in [1.165, 1.54) is 18.4 Å². The summed E-state index contributed by atoms with van der Waals surface area (Å²) >= 11 is 0. The van der Waals surface area contributed by atoms with E-state index in [1.807, 2.05) is 0 Å². The number of ether oxygens (including phenoxy) is 1. The average molecular weight is 194 g/mol. The number of hydrogen-bond donors (Lipinski definition) is 1. The zero-order chi connectivity index (χ0) is 9.97. The summed E-state index contributed by atoms with van der Waals surface area (Å²) in [6.45, 7) is 0. The van der Waals surface area contributed by atoms with Crippen molar-refractivity contribution in [3.8, 4) is 11.9 Å². The summed E-state index contributed by atoms with van der Waals surface area (Å²) < 4.78 is 14.8. The average Bonchev–Trinajstić information content (AvgIpc) is 2.75. The first kappa shape index (κ1) is 8.43. The summed E-state index contributed by atoms with van der Waals surface area (Å²) in [5, 5.41) is 8.55. The lowest BCUT2D eigenvalue weighted by Gasteiger charge is -1.94. The van der Waals surface area contributed by atoms with Gasteiger partial charge in [0.25, 0.3) is 11.9 Å². The Morgan fingerprint density at radius 2 is 2.14 bits per heavy atom. The van der Waals surface area contributed by atoms with Crippen LogP contribution in [0.25, 0.3) is 0 Å². The molecule has 2 rings (SSSR count). The van der Waals surface area contributed by atoms with Crippen molar-refractivity contribution < 1.29 is 23.5 Å². The van der Waals surface area contributed by atoms with E-state index < -0.39 is 5.97 Å². The minimum atomic E-state index is -1.14. The summed E-state index contributed by atoms with van der Waals surface area (Å²) in [6, 6.07) is 5.95. The standard InChI is InChI=1S/C9H6O5/c10-9(11)6-3-4-8(13-6)14-7-2-1-5-12-7/h1-5H,(H,10,11). The van der Waals surface area contributed by atoms with Gasteiger partial charge in [-0.15, -0.1) is 0 Å². The van der Waals surface area contributed by atoms with Crippen LogP contribution in [0.1, 0.15) is 10.6 Å². The van der Waals surface area contributed by atoms with E-state index in [4.69, 9.17) is 18.7 Å². The molecule has 0 aliphatic heterocycles. The molecule has 5 heteroatoms. The second-order valence-corrected chi connectivity index (χ2v) is 2.46. The number of hydrogen-bond acceptors (Lipinski definition) is 4. The third-order valence-electron chi connectivity index (χ3n) is 1.49. The van der Waals surface area contributed by atoms with Gasteiger partial charge in [-0.3, -0.25) is 0 Å². The molecule has 0 spiro atoms. The Morgan fingerprint density at radius 1 is 1.29 bits per heavy atom. The van der Waals surface area contributed by atoms with E-state index in [0.717, 1.165) is 0 Å². The molecule has 0 bridgehead atoms. The van der Waals surface area contributed by atoms with Gasteiger partial charge in [-0.25, -0.2) is 4.79 Å². The summed E-state index contributed by atoms with van der Waals surface area (Å²) in [5.74, 6) is -0.987. The lowest BCUT2D eigenvalue weighted by Crippen LogP contribution is -1.91. The Hall–Kier alpha value is -2.17. The van der Waals surface area contributed by atoms with Gasteiger partial charge < -0.3 is 18.7 Å². The predicted octanol–water partition coefficient (Wildman–Crippen LogP) is 2.36. The lowest BCUT2D eigenvalue weighted by atomic mass is 10.5. The van der Waals surface area contributed by atoms with Crippen molar-refractivity contribution in [2.75, 3.05) is 0 Å². The second-order valence-electron chi connectivity index (χ2n) is 2.46. The maximum absolute atomic E-state index is 10.4. The number of carboxylic acid groups (broad SMARTS) is 1. The van der Waals surface area contributed by atoms with Crippen LogP contribution in [0.3, 0.4) is 0 Å². The van der Waals surface area contributed by atoms with Crippen molar-refractivity contribution in [1.29, 1.82) is 0 Å². The summed E-state index contributed by atoms with van der Waals surface area (Å²) in [7, 11) is 0. The molecule has 1 N–H and O–H groups in total. The van der Waals surface area contributed by atoms with Gasteiger partial charge in [-0.1, -0.05) is 0 Å². The van der Waals surface area contributed by atoms with E-state index in [0.29, 0.717) is 0 Å². The van der Waals surface area contributed by atoms with Crippen LogP contribution in [-0.4, -0.2) is 11.1 Å². The number of aromatic carboxylic acids is 1. The van der Waals surface area contributed by atoms with Crippen molar-refractivity contribution in [2.45, 2.75) is 0 Å². The molecule has 2 aromatic rings. The largest absolute Gasteiger partial charge is 0.475 e. The molecule has 0 aliphatic carbocycles. The van der Waals surface area contributed by atoms with Gasteiger partial charge in [0.1, 0.15) is 0 Å². The van der Waals surface area contributed by atoms with E-state index >= 15 is 0 Å². The summed E-state index contributed by atoms with van der Waals surface area (Å²) in [4.78, 5) is 10.4. The molecule has 2 aromatic heterocycles. The van der Waals surface area contributed by atoms with Gasteiger partial charge in [0.2, 0.25) is 5.76 Å². The molecule has 0 amide bonds. The van der Waals surface area contributed by atoms with E-state index in [1.54, 1.807) is 12.1 Å². The highest BCUT2D eigenvalue weighted by Gasteiger charge is 2.10. The zero-order valence-electron chi connectivity index (χ0n) is 6.97. The third-order valence-corrected chi connectivity index (χ3v) is 1.49. The van der Waals surface area contributed by atoms with Crippen molar-refractivity contribution in [3.63, 3.8) is 0 Å². The first-order valence-electron chi connectivity index (χ1n) is 3.80. The van der Waals surface area contributed by atoms with E-state index in [2.05, 4.69) is 0 Å². The van der Waals surface area contributed by atoms with Crippen LogP contribution in [0.4, 0.5) is 0 Å². The Bertz CT molecular complexity index is 426. The highest BCUT2D eigenvalue weighted by atomic mass is 16.6. The van der Waals surface area contributed by atoms with Crippen LogP contribution in [-0.2, 0) is 0 Å². The lowest BCUT2D eigenvalue weighted by molar-refractivity contribution is 0.0656. The normalized spacial score (nSPS) is 10.0. The van der Waals surface area contributed by atoms with E-state index in [9.17, 15) is 4.79 Å². The van der Waals surface area contributed by atoms with Crippen LogP contribution in [0.5, 0.6) is 11.9 Å². The quantitative estimate of drug-likeness (QED) is 0.811. The van der Waals surface area contributed by atoms with Crippen molar-refractivity contribution >= 4 is 5.97 Å². The van der Waals surface area contributed by atoms with Crippen LogP contribution in [0.2, 0.25) is 0 Å². The molecule has 0 aliphatic rings. The van der Waals surface area contributed by atoms with Gasteiger partial charge in [-0.2, -0.15) is 0 Å². The van der Waals surface area contributed by atoms with Gasteiger partial charge in [0.15, 0.2) is 0 Å². The Balaban J connectivity index is 2.14. The van der Waals surface area contributed by atoms with Gasteiger partial charge in [0, 0.05) is 12.1 Å². The fraction of sp³-hybridized carbons (Fsp3) is 0. The van der Waals surface area contributed by atoms with Crippen LogP contribution < -0.4 is 4.74 Å². The smallest absolute Gasteiger partial charge is 0.371 e. The highest BCUT2D eigenvalue weighted by Crippen LogP contribution is 2.23. The third kappa shape index (κ3) is 1.61. The van der Waals surface area contributed by atoms with Crippen LogP contribution in [0, 0.1) is 0 Å². The van der Waals surface area contributed by atoms with Crippen LogP contribution in [0.15, 0.2) is 39.4 Å². The minimum absolute atomic E-state index is 0.0809.